The van der Waals surface area contributed by atoms with Crippen molar-refractivity contribution in [1.82, 2.24) is 4.90 Å². The maximum Gasteiger partial charge on any atom is 0.282 e. The number of aliphatic imine (C=N–C) groups is 1. The van der Waals surface area contributed by atoms with Crippen LogP contribution in [0.1, 0.15) is 12.5 Å². The molecule has 2 aliphatic rings. The van der Waals surface area contributed by atoms with Gasteiger partial charge < -0.3 is 0 Å². The molecule has 19 heavy (non-hydrogen) atoms. The van der Waals surface area contributed by atoms with E-state index in [0.29, 0.717) is 16.6 Å². The van der Waals surface area contributed by atoms with Crippen LogP contribution in [0.5, 0.6) is 0 Å². The van der Waals surface area contributed by atoms with Gasteiger partial charge in [0.25, 0.3) is 5.91 Å². The summed E-state index contributed by atoms with van der Waals surface area (Å²) in [5.41, 5.74) is 2.33. The lowest BCUT2D eigenvalue weighted by molar-refractivity contribution is -0.120. The molecule has 1 aromatic rings. The van der Waals surface area contributed by atoms with E-state index in [4.69, 9.17) is 11.6 Å². The van der Waals surface area contributed by atoms with E-state index in [1.165, 1.54) is 0 Å². The minimum Gasteiger partial charge on any atom is -0.266 e. The molecular formula is C15H11ClN2O. The number of halogens is 1. The van der Waals surface area contributed by atoms with Crippen molar-refractivity contribution in [3.8, 4) is 0 Å². The molecule has 0 radical (unpaired) electrons. The maximum atomic E-state index is 12.2. The second-order valence-corrected chi connectivity index (χ2v) is 4.82. The predicted molar refractivity (Wildman–Crippen MR) is 76.6 cm³/mol. The van der Waals surface area contributed by atoms with Gasteiger partial charge in [-0.3, -0.25) is 9.69 Å². The van der Waals surface area contributed by atoms with E-state index in [0.717, 1.165) is 11.1 Å². The van der Waals surface area contributed by atoms with Gasteiger partial charge in [0.2, 0.25) is 0 Å². The summed E-state index contributed by atoms with van der Waals surface area (Å²) in [4.78, 5) is 18.2. The zero-order valence-electron chi connectivity index (χ0n) is 10.3. The van der Waals surface area contributed by atoms with E-state index in [9.17, 15) is 4.79 Å². The fourth-order valence-corrected chi connectivity index (χ4v) is 2.14. The minimum atomic E-state index is -0.103. The van der Waals surface area contributed by atoms with Crippen molar-refractivity contribution in [1.29, 1.82) is 0 Å². The van der Waals surface area contributed by atoms with Crippen LogP contribution in [0.15, 0.2) is 58.9 Å². The third kappa shape index (κ3) is 2.13. The number of hydrogen-bond acceptors (Lipinski definition) is 2. The Bertz CT molecular complexity index is 666. The molecule has 2 aliphatic heterocycles. The van der Waals surface area contributed by atoms with E-state index in [1.807, 2.05) is 31.2 Å². The van der Waals surface area contributed by atoms with Crippen LogP contribution >= 0.6 is 11.6 Å². The van der Waals surface area contributed by atoms with Crippen molar-refractivity contribution >= 4 is 29.4 Å². The summed E-state index contributed by atoms with van der Waals surface area (Å²) in [6, 6.07) is 7.30. The van der Waals surface area contributed by atoms with Crippen molar-refractivity contribution < 1.29 is 4.79 Å². The van der Waals surface area contributed by atoms with Crippen molar-refractivity contribution in [3.05, 3.63) is 64.5 Å². The molecule has 1 aromatic carbocycles. The summed E-state index contributed by atoms with van der Waals surface area (Å²) in [6.45, 7) is 1.94. The Hall–Kier alpha value is -2.13. The lowest BCUT2D eigenvalue weighted by Gasteiger charge is -2.15. The zero-order valence-corrected chi connectivity index (χ0v) is 11.1. The summed E-state index contributed by atoms with van der Waals surface area (Å²) in [5, 5.41) is 0.672. The number of benzene rings is 1. The van der Waals surface area contributed by atoms with Gasteiger partial charge in [-0.1, -0.05) is 29.8 Å². The topological polar surface area (TPSA) is 32.7 Å². The Kier molecular flexibility index (Phi) is 2.84. The van der Waals surface area contributed by atoms with Crippen molar-refractivity contribution in [2.45, 2.75) is 6.92 Å². The number of carbonyl (C=O) groups excluding carboxylic acids is 1. The molecule has 0 spiro atoms. The highest BCUT2D eigenvalue weighted by atomic mass is 35.5. The van der Waals surface area contributed by atoms with Crippen LogP contribution in [-0.4, -0.2) is 16.6 Å². The molecule has 0 unspecified atom stereocenters. The van der Waals surface area contributed by atoms with Crippen molar-refractivity contribution in [2.24, 2.45) is 4.99 Å². The highest BCUT2D eigenvalue weighted by molar-refractivity contribution is 6.30. The van der Waals surface area contributed by atoms with Crippen molar-refractivity contribution in [3.63, 3.8) is 0 Å². The van der Waals surface area contributed by atoms with Gasteiger partial charge >= 0.3 is 0 Å². The van der Waals surface area contributed by atoms with Gasteiger partial charge in [0.1, 0.15) is 11.5 Å². The molecule has 0 aromatic heterocycles. The Morgan fingerprint density at radius 1 is 1.26 bits per heavy atom. The first-order valence-corrected chi connectivity index (χ1v) is 6.28. The normalized spacial score (nSPS) is 19.6. The Balaban J connectivity index is 1.99. The van der Waals surface area contributed by atoms with E-state index in [-0.39, 0.29) is 5.91 Å². The molecule has 0 saturated heterocycles. The monoisotopic (exact) mass is 270 g/mol. The maximum absolute atomic E-state index is 12.2. The Labute approximate surface area is 116 Å². The second-order valence-electron chi connectivity index (χ2n) is 4.38. The summed E-state index contributed by atoms with van der Waals surface area (Å²) in [7, 11) is 0. The number of amides is 1. The molecule has 1 amide bonds. The third-order valence-corrected chi connectivity index (χ3v) is 3.25. The minimum absolute atomic E-state index is 0.103. The predicted octanol–water partition coefficient (Wildman–Crippen LogP) is 3.40. The molecule has 0 bridgehead atoms. The molecule has 0 aliphatic carbocycles. The molecule has 0 fully saturated rings. The molecule has 0 saturated carbocycles. The largest absolute Gasteiger partial charge is 0.282 e. The van der Waals surface area contributed by atoms with Gasteiger partial charge in [-0.25, -0.2) is 4.99 Å². The van der Waals surface area contributed by atoms with Crippen LogP contribution in [0, 0.1) is 0 Å². The SMILES string of the molecule is CC1=CC=CN2C(=O)/C(=C/c3ccc(Cl)cc3)N=C12. The first-order chi connectivity index (χ1) is 9.15. The first-order valence-electron chi connectivity index (χ1n) is 5.90. The van der Waals surface area contributed by atoms with Crippen LogP contribution < -0.4 is 0 Å². The van der Waals surface area contributed by atoms with Gasteiger partial charge in [0, 0.05) is 11.2 Å². The fourth-order valence-electron chi connectivity index (χ4n) is 2.01. The summed E-state index contributed by atoms with van der Waals surface area (Å²) in [6.07, 6.45) is 7.29. The third-order valence-electron chi connectivity index (χ3n) is 3.00. The quantitative estimate of drug-likeness (QED) is 0.720. The molecular weight excluding hydrogens is 260 g/mol. The number of rotatable bonds is 1. The van der Waals surface area contributed by atoms with Crippen molar-refractivity contribution in [2.75, 3.05) is 0 Å². The Morgan fingerprint density at radius 3 is 2.68 bits per heavy atom. The summed E-state index contributed by atoms with van der Waals surface area (Å²) >= 11 is 5.84. The molecule has 2 heterocycles. The summed E-state index contributed by atoms with van der Waals surface area (Å²) in [5.74, 6) is 0.598. The smallest absolute Gasteiger partial charge is 0.266 e. The van der Waals surface area contributed by atoms with E-state index in [2.05, 4.69) is 4.99 Å². The number of hydrogen-bond donors (Lipinski definition) is 0. The highest BCUT2D eigenvalue weighted by Crippen LogP contribution is 2.24. The lowest BCUT2D eigenvalue weighted by atomic mass is 10.2. The summed E-state index contributed by atoms with van der Waals surface area (Å²) < 4.78 is 0. The van der Waals surface area contributed by atoms with Gasteiger partial charge in [0.05, 0.1) is 0 Å². The molecule has 3 rings (SSSR count). The molecule has 0 N–H and O–H groups in total. The van der Waals surface area contributed by atoms with Crippen LogP contribution in [0.2, 0.25) is 5.02 Å². The highest BCUT2D eigenvalue weighted by Gasteiger charge is 2.30. The Morgan fingerprint density at radius 2 is 2.00 bits per heavy atom. The first kappa shape index (κ1) is 11.9. The number of fused-ring (bicyclic) bond motifs is 1. The van der Waals surface area contributed by atoms with E-state index >= 15 is 0 Å². The standard InChI is InChI=1S/C15H11ClN2O/c1-10-3-2-8-18-14(10)17-13(15(18)19)9-11-4-6-12(16)7-5-11/h2-9H,1H3/b13-9-. The van der Waals surface area contributed by atoms with Gasteiger partial charge in [0.15, 0.2) is 0 Å². The lowest BCUT2D eigenvalue weighted by Crippen LogP contribution is -2.28. The number of nitrogens with zero attached hydrogens (tertiary/aromatic N) is 2. The van der Waals surface area contributed by atoms with Crippen LogP contribution in [0.25, 0.3) is 6.08 Å². The van der Waals surface area contributed by atoms with Gasteiger partial charge in [-0.05, 0) is 42.3 Å². The van der Waals surface area contributed by atoms with Gasteiger partial charge in [-0.2, -0.15) is 0 Å². The van der Waals surface area contributed by atoms with Crippen LogP contribution in [0.3, 0.4) is 0 Å². The average molecular weight is 271 g/mol. The average Bonchev–Trinajstić information content (AvgIpc) is 2.72. The second kappa shape index (κ2) is 4.52. The number of carbonyl (C=O) groups is 1. The molecule has 4 heteroatoms. The van der Waals surface area contributed by atoms with Crippen LogP contribution in [0.4, 0.5) is 0 Å². The molecule has 0 atom stereocenters. The number of amidine groups is 1. The zero-order chi connectivity index (χ0) is 13.4. The van der Waals surface area contributed by atoms with E-state index in [1.54, 1.807) is 29.3 Å². The number of allylic oxidation sites excluding steroid dienone is 2. The van der Waals surface area contributed by atoms with E-state index < -0.39 is 0 Å². The van der Waals surface area contributed by atoms with Crippen LogP contribution in [-0.2, 0) is 4.79 Å². The fraction of sp³-hybridized carbons (Fsp3) is 0.0667. The van der Waals surface area contributed by atoms with Gasteiger partial charge in [-0.15, -0.1) is 0 Å². The molecule has 3 nitrogen and oxygen atoms in total. The molecule has 94 valence electrons.